The third-order valence-electron chi connectivity index (χ3n) is 3.16. The summed E-state index contributed by atoms with van der Waals surface area (Å²) in [4.78, 5) is 12.2. The number of alkyl halides is 3. The molecule has 1 unspecified atom stereocenters. The zero-order valence-corrected chi connectivity index (χ0v) is 12.5. The quantitative estimate of drug-likeness (QED) is 0.832. The number of carbonyl (C=O) groups is 1. The van der Waals surface area contributed by atoms with Crippen LogP contribution < -0.4 is 10.6 Å². The van der Waals surface area contributed by atoms with Crippen LogP contribution in [-0.2, 0) is 6.18 Å². The Labute approximate surface area is 122 Å². The van der Waals surface area contributed by atoms with E-state index in [1.165, 1.54) is 12.1 Å². The lowest BCUT2D eigenvalue weighted by Gasteiger charge is -2.19. The standard InChI is InChI=1S/C15H21F3N2O/c1-4-9-19-13-11(14(21)20-10(3)5-2)7-6-8-12(13)15(16,17)18/h6-8,10,19H,4-5,9H2,1-3H3,(H,20,21). The van der Waals surface area contributed by atoms with Crippen molar-refractivity contribution in [3.8, 4) is 0 Å². The lowest BCUT2D eigenvalue weighted by molar-refractivity contribution is -0.137. The molecule has 0 spiro atoms. The summed E-state index contributed by atoms with van der Waals surface area (Å²) in [7, 11) is 0. The van der Waals surface area contributed by atoms with Gasteiger partial charge in [0, 0.05) is 12.6 Å². The molecule has 2 N–H and O–H groups in total. The van der Waals surface area contributed by atoms with Gasteiger partial charge in [-0.3, -0.25) is 4.79 Å². The summed E-state index contributed by atoms with van der Waals surface area (Å²) in [6.45, 7) is 5.93. The Bertz CT molecular complexity index is 486. The second-order valence-corrected chi connectivity index (χ2v) is 4.94. The highest BCUT2D eigenvalue weighted by Crippen LogP contribution is 2.36. The van der Waals surface area contributed by atoms with Crippen LogP contribution in [0.3, 0.4) is 0 Å². The summed E-state index contributed by atoms with van der Waals surface area (Å²) in [5, 5.41) is 5.42. The summed E-state index contributed by atoms with van der Waals surface area (Å²) in [6, 6.07) is 3.56. The van der Waals surface area contributed by atoms with Crippen LogP contribution >= 0.6 is 0 Å². The molecule has 0 radical (unpaired) electrons. The average molecular weight is 302 g/mol. The molecule has 0 fully saturated rings. The molecule has 0 saturated carbocycles. The molecule has 0 aliphatic heterocycles. The highest BCUT2D eigenvalue weighted by atomic mass is 19.4. The summed E-state index contributed by atoms with van der Waals surface area (Å²) in [5.74, 6) is -0.492. The molecule has 0 heterocycles. The van der Waals surface area contributed by atoms with Crippen LogP contribution in [0.5, 0.6) is 0 Å². The predicted molar refractivity (Wildman–Crippen MR) is 77.4 cm³/mol. The molecule has 0 aliphatic rings. The molecule has 21 heavy (non-hydrogen) atoms. The van der Waals surface area contributed by atoms with E-state index in [4.69, 9.17) is 0 Å². The molecule has 118 valence electrons. The zero-order valence-electron chi connectivity index (χ0n) is 12.5. The lowest BCUT2D eigenvalue weighted by atomic mass is 10.0. The number of hydrogen-bond acceptors (Lipinski definition) is 2. The fourth-order valence-electron chi connectivity index (χ4n) is 1.82. The van der Waals surface area contributed by atoms with Crippen LogP contribution in [0.1, 0.15) is 49.5 Å². The van der Waals surface area contributed by atoms with E-state index in [9.17, 15) is 18.0 Å². The highest BCUT2D eigenvalue weighted by molar-refractivity contribution is 6.00. The van der Waals surface area contributed by atoms with Crippen LogP contribution in [0.25, 0.3) is 0 Å². The molecule has 0 aliphatic carbocycles. The number of benzene rings is 1. The van der Waals surface area contributed by atoms with Gasteiger partial charge < -0.3 is 10.6 Å². The first-order valence-corrected chi connectivity index (χ1v) is 7.06. The first kappa shape index (κ1) is 17.3. The highest BCUT2D eigenvalue weighted by Gasteiger charge is 2.35. The summed E-state index contributed by atoms with van der Waals surface area (Å²) in [6.07, 6.45) is -3.12. The van der Waals surface area contributed by atoms with Gasteiger partial charge in [0.15, 0.2) is 0 Å². The lowest BCUT2D eigenvalue weighted by Crippen LogP contribution is -2.33. The molecule has 0 saturated heterocycles. The number of halogens is 3. The molecular formula is C15H21F3N2O. The van der Waals surface area contributed by atoms with Gasteiger partial charge in [0.1, 0.15) is 0 Å². The molecule has 1 atom stereocenters. The Balaban J connectivity index is 3.21. The molecular weight excluding hydrogens is 281 g/mol. The Morgan fingerprint density at radius 2 is 1.95 bits per heavy atom. The van der Waals surface area contributed by atoms with E-state index < -0.39 is 17.6 Å². The fourth-order valence-corrected chi connectivity index (χ4v) is 1.82. The van der Waals surface area contributed by atoms with Crippen LogP contribution in [0.2, 0.25) is 0 Å². The van der Waals surface area contributed by atoms with Crippen molar-refractivity contribution in [2.45, 2.75) is 45.8 Å². The van der Waals surface area contributed by atoms with Gasteiger partial charge in [-0.25, -0.2) is 0 Å². The van der Waals surface area contributed by atoms with Gasteiger partial charge in [-0.15, -0.1) is 0 Å². The van der Waals surface area contributed by atoms with E-state index in [1.54, 1.807) is 0 Å². The minimum atomic E-state index is -4.50. The van der Waals surface area contributed by atoms with E-state index >= 15 is 0 Å². The van der Waals surface area contributed by atoms with E-state index in [0.29, 0.717) is 19.4 Å². The zero-order chi connectivity index (χ0) is 16.0. The fraction of sp³-hybridized carbons (Fsp3) is 0.533. The number of amides is 1. The SMILES string of the molecule is CCCNc1c(C(=O)NC(C)CC)cccc1C(F)(F)F. The predicted octanol–water partition coefficient (Wildman–Crippen LogP) is 4.06. The minimum Gasteiger partial charge on any atom is -0.384 e. The monoisotopic (exact) mass is 302 g/mol. The van der Waals surface area contributed by atoms with Gasteiger partial charge in [0.25, 0.3) is 5.91 Å². The minimum absolute atomic E-state index is 0.0265. The van der Waals surface area contributed by atoms with Gasteiger partial charge in [-0.05, 0) is 31.9 Å². The van der Waals surface area contributed by atoms with E-state index in [-0.39, 0.29) is 17.3 Å². The Morgan fingerprint density at radius 3 is 2.48 bits per heavy atom. The second-order valence-electron chi connectivity index (χ2n) is 4.94. The first-order chi connectivity index (χ1) is 9.81. The number of carbonyl (C=O) groups excluding carboxylic acids is 1. The average Bonchev–Trinajstić information content (AvgIpc) is 2.43. The molecule has 0 bridgehead atoms. The maximum absolute atomic E-state index is 13.1. The van der Waals surface area contributed by atoms with Crippen molar-refractivity contribution in [2.75, 3.05) is 11.9 Å². The first-order valence-electron chi connectivity index (χ1n) is 7.06. The number of anilines is 1. The van der Waals surface area contributed by atoms with Crippen molar-refractivity contribution in [1.82, 2.24) is 5.32 Å². The maximum Gasteiger partial charge on any atom is 0.418 e. The number of hydrogen-bond donors (Lipinski definition) is 2. The molecule has 3 nitrogen and oxygen atoms in total. The van der Waals surface area contributed by atoms with Crippen molar-refractivity contribution in [3.05, 3.63) is 29.3 Å². The maximum atomic E-state index is 13.1. The van der Waals surface area contributed by atoms with Crippen LogP contribution in [0.15, 0.2) is 18.2 Å². The van der Waals surface area contributed by atoms with Gasteiger partial charge in [0.2, 0.25) is 0 Å². The van der Waals surface area contributed by atoms with Crippen LogP contribution in [0.4, 0.5) is 18.9 Å². The Morgan fingerprint density at radius 1 is 1.29 bits per heavy atom. The van der Waals surface area contributed by atoms with Crippen molar-refractivity contribution in [3.63, 3.8) is 0 Å². The van der Waals surface area contributed by atoms with Gasteiger partial charge in [-0.2, -0.15) is 13.2 Å². The molecule has 1 aromatic rings. The Kier molecular flexibility index (Phi) is 6.05. The smallest absolute Gasteiger partial charge is 0.384 e. The molecule has 1 amide bonds. The number of nitrogens with one attached hydrogen (secondary N) is 2. The van der Waals surface area contributed by atoms with Crippen molar-refractivity contribution in [1.29, 1.82) is 0 Å². The number of rotatable bonds is 6. The van der Waals surface area contributed by atoms with E-state index in [2.05, 4.69) is 10.6 Å². The van der Waals surface area contributed by atoms with Crippen LogP contribution in [-0.4, -0.2) is 18.5 Å². The summed E-state index contributed by atoms with van der Waals surface area (Å²) < 4.78 is 39.2. The molecule has 6 heteroatoms. The van der Waals surface area contributed by atoms with E-state index in [0.717, 1.165) is 6.07 Å². The molecule has 1 rings (SSSR count). The molecule has 1 aromatic carbocycles. The normalized spacial score (nSPS) is 12.9. The van der Waals surface area contributed by atoms with Crippen molar-refractivity contribution >= 4 is 11.6 Å². The largest absolute Gasteiger partial charge is 0.418 e. The summed E-state index contributed by atoms with van der Waals surface area (Å²) in [5.41, 5.74) is -0.932. The van der Waals surface area contributed by atoms with Crippen LogP contribution in [0, 0.1) is 0 Å². The van der Waals surface area contributed by atoms with Gasteiger partial charge in [-0.1, -0.05) is 19.9 Å². The molecule has 0 aromatic heterocycles. The van der Waals surface area contributed by atoms with Gasteiger partial charge >= 0.3 is 6.18 Å². The number of para-hydroxylation sites is 1. The van der Waals surface area contributed by atoms with E-state index in [1.807, 2.05) is 20.8 Å². The third-order valence-corrected chi connectivity index (χ3v) is 3.16. The van der Waals surface area contributed by atoms with Crippen molar-refractivity contribution < 1.29 is 18.0 Å². The van der Waals surface area contributed by atoms with Gasteiger partial charge in [0.05, 0.1) is 16.8 Å². The third kappa shape index (κ3) is 4.65. The second kappa shape index (κ2) is 7.33. The van der Waals surface area contributed by atoms with Crippen molar-refractivity contribution in [2.24, 2.45) is 0 Å². The Hall–Kier alpha value is -1.72. The summed E-state index contributed by atoms with van der Waals surface area (Å²) >= 11 is 0. The topological polar surface area (TPSA) is 41.1 Å².